The third kappa shape index (κ3) is 4.37. The van der Waals surface area contributed by atoms with Gasteiger partial charge in [0.15, 0.2) is 0 Å². The van der Waals surface area contributed by atoms with Gasteiger partial charge in [-0.3, -0.25) is 0 Å². The molecule has 2 rings (SSSR count). The quantitative estimate of drug-likeness (QED) is 0.924. The Labute approximate surface area is 127 Å². The Morgan fingerprint density at radius 1 is 1.25 bits per heavy atom. The second kappa shape index (κ2) is 6.79. The van der Waals surface area contributed by atoms with Crippen LogP contribution >= 0.6 is 11.6 Å². The van der Waals surface area contributed by atoms with E-state index in [1.54, 1.807) is 0 Å². The van der Waals surface area contributed by atoms with Gasteiger partial charge >= 0.3 is 0 Å². The van der Waals surface area contributed by atoms with Crippen LogP contribution in [-0.4, -0.2) is 31.8 Å². The molecule has 1 aliphatic rings. The van der Waals surface area contributed by atoms with Gasteiger partial charge in [0.25, 0.3) is 0 Å². The average molecular weight is 297 g/mol. The molecule has 0 saturated carbocycles. The lowest BCUT2D eigenvalue weighted by molar-refractivity contribution is 0.152. The van der Waals surface area contributed by atoms with E-state index in [2.05, 4.69) is 37.1 Å². The highest BCUT2D eigenvalue weighted by Gasteiger charge is 2.17. The summed E-state index contributed by atoms with van der Waals surface area (Å²) in [7, 11) is 0. The fraction of sp³-hybridized carbons (Fsp3) is 0.625. The summed E-state index contributed by atoms with van der Waals surface area (Å²) in [5.41, 5.74) is 2.50. The van der Waals surface area contributed by atoms with Gasteiger partial charge in [-0.25, -0.2) is 0 Å². The predicted octanol–water partition coefficient (Wildman–Crippen LogP) is 3.45. The Bertz CT molecular complexity index is 435. The van der Waals surface area contributed by atoms with E-state index >= 15 is 0 Å². The van der Waals surface area contributed by atoms with Crippen LogP contribution in [0.25, 0.3) is 0 Å². The first-order valence-corrected chi connectivity index (χ1v) is 7.70. The topological polar surface area (TPSA) is 24.5 Å². The minimum absolute atomic E-state index is 0.0817. The number of rotatable bonds is 3. The predicted molar refractivity (Wildman–Crippen MR) is 85.7 cm³/mol. The molecule has 1 heterocycles. The summed E-state index contributed by atoms with van der Waals surface area (Å²) in [4.78, 5) is 2.39. The van der Waals surface area contributed by atoms with Gasteiger partial charge in [-0.05, 0) is 39.3 Å². The number of ether oxygens (including phenoxy) is 1. The van der Waals surface area contributed by atoms with Crippen LogP contribution in [0, 0.1) is 0 Å². The Hall–Kier alpha value is -0.770. The number of hydrogen-bond donors (Lipinski definition) is 1. The molecule has 0 atom stereocenters. The van der Waals surface area contributed by atoms with E-state index in [9.17, 15) is 0 Å². The summed E-state index contributed by atoms with van der Waals surface area (Å²) in [5, 5.41) is 4.37. The molecular formula is C16H25ClN2O. The molecule has 112 valence electrons. The highest BCUT2D eigenvalue weighted by molar-refractivity contribution is 6.31. The van der Waals surface area contributed by atoms with E-state index < -0.39 is 0 Å². The second-order valence-corrected chi connectivity index (χ2v) is 6.70. The maximum absolute atomic E-state index is 6.42. The van der Waals surface area contributed by atoms with E-state index in [-0.39, 0.29) is 5.54 Å². The van der Waals surface area contributed by atoms with Gasteiger partial charge in [0.2, 0.25) is 0 Å². The molecule has 1 N–H and O–H groups in total. The third-order valence-electron chi connectivity index (χ3n) is 3.45. The highest BCUT2D eigenvalue weighted by atomic mass is 35.5. The van der Waals surface area contributed by atoms with Gasteiger partial charge in [-0.1, -0.05) is 17.7 Å². The summed E-state index contributed by atoms with van der Waals surface area (Å²) in [6.45, 7) is 10.9. The summed E-state index contributed by atoms with van der Waals surface area (Å²) in [5.74, 6) is 0. The Kier molecular flexibility index (Phi) is 5.30. The van der Waals surface area contributed by atoms with Gasteiger partial charge in [0.1, 0.15) is 0 Å². The maximum Gasteiger partial charge on any atom is 0.0641 e. The third-order valence-corrected chi connectivity index (χ3v) is 3.81. The molecule has 1 aromatic rings. The summed E-state index contributed by atoms with van der Waals surface area (Å²) in [6.07, 6.45) is 1.07. The van der Waals surface area contributed by atoms with Crippen molar-refractivity contribution < 1.29 is 4.74 Å². The van der Waals surface area contributed by atoms with Crippen molar-refractivity contribution in [1.82, 2.24) is 5.32 Å². The number of nitrogens with one attached hydrogen (secondary N) is 1. The molecule has 20 heavy (non-hydrogen) atoms. The zero-order valence-corrected chi connectivity index (χ0v) is 13.5. The Morgan fingerprint density at radius 2 is 2.05 bits per heavy atom. The van der Waals surface area contributed by atoms with Crippen LogP contribution in [-0.2, 0) is 11.3 Å². The van der Waals surface area contributed by atoms with Crippen molar-refractivity contribution in [2.75, 3.05) is 31.2 Å². The molecule has 0 aliphatic carbocycles. The number of anilines is 1. The molecule has 0 amide bonds. The van der Waals surface area contributed by atoms with Gasteiger partial charge in [-0.15, -0.1) is 0 Å². The zero-order valence-electron chi connectivity index (χ0n) is 12.7. The molecule has 0 bridgehead atoms. The molecule has 1 aromatic carbocycles. The van der Waals surface area contributed by atoms with E-state index in [1.165, 1.54) is 11.3 Å². The van der Waals surface area contributed by atoms with Crippen molar-refractivity contribution in [2.24, 2.45) is 0 Å². The average Bonchev–Trinajstić information content (AvgIpc) is 2.64. The van der Waals surface area contributed by atoms with E-state index in [0.29, 0.717) is 0 Å². The minimum Gasteiger partial charge on any atom is -0.380 e. The first kappa shape index (κ1) is 15.6. The first-order valence-electron chi connectivity index (χ1n) is 7.32. The fourth-order valence-corrected chi connectivity index (χ4v) is 2.60. The number of halogens is 1. The van der Waals surface area contributed by atoms with Crippen molar-refractivity contribution in [2.45, 2.75) is 39.3 Å². The smallest absolute Gasteiger partial charge is 0.0641 e. The van der Waals surface area contributed by atoms with Crippen LogP contribution in [0.15, 0.2) is 18.2 Å². The van der Waals surface area contributed by atoms with Gasteiger partial charge < -0.3 is 15.0 Å². The first-order chi connectivity index (χ1) is 9.47. The maximum atomic E-state index is 6.42. The fourth-order valence-electron chi connectivity index (χ4n) is 2.36. The van der Waals surface area contributed by atoms with Crippen LogP contribution in [0.4, 0.5) is 5.69 Å². The second-order valence-electron chi connectivity index (χ2n) is 6.29. The molecule has 0 radical (unpaired) electrons. The number of nitrogens with zero attached hydrogens (tertiary/aromatic N) is 1. The van der Waals surface area contributed by atoms with Gasteiger partial charge in [0.05, 0.1) is 6.61 Å². The summed E-state index contributed by atoms with van der Waals surface area (Å²) < 4.78 is 5.54. The molecule has 1 saturated heterocycles. The van der Waals surface area contributed by atoms with Crippen LogP contribution in [0.1, 0.15) is 32.8 Å². The number of hydrogen-bond acceptors (Lipinski definition) is 3. The van der Waals surface area contributed by atoms with Crippen molar-refractivity contribution in [1.29, 1.82) is 0 Å². The van der Waals surface area contributed by atoms with Crippen molar-refractivity contribution in [3.05, 3.63) is 28.8 Å². The van der Waals surface area contributed by atoms with E-state index in [0.717, 1.165) is 44.3 Å². The molecule has 0 aromatic heterocycles. The van der Waals surface area contributed by atoms with Crippen LogP contribution in [0.5, 0.6) is 0 Å². The van der Waals surface area contributed by atoms with Crippen LogP contribution in [0.2, 0.25) is 5.02 Å². The lowest BCUT2D eigenvalue weighted by atomic mass is 10.1. The minimum atomic E-state index is 0.0817. The number of benzene rings is 1. The van der Waals surface area contributed by atoms with Crippen LogP contribution < -0.4 is 10.2 Å². The van der Waals surface area contributed by atoms with Gasteiger partial charge in [0, 0.05) is 48.1 Å². The Morgan fingerprint density at radius 3 is 2.80 bits per heavy atom. The normalized spacial score (nSPS) is 17.1. The van der Waals surface area contributed by atoms with E-state index in [1.807, 2.05) is 12.1 Å². The zero-order chi connectivity index (χ0) is 14.6. The molecule has 4 heteroatoms. The highest BCUT2D eigenvalue weighted by Crippen LogP contribution is 2.28. The van der Waals surface area contributed by atoms with Crippen molar-refractivity contribution in [3.8, 4) is 0 Å². The SMILES string of the molecule is CC(C)(C)NCc1c(Cl)cccc1N1CCCOCC1. The van der Waals surface area contributed by atoms with Crippen LogP contribution in [0.3, 0.4) is 0 Å². The van der Waals surface area contributed by atoms with Crippen molar-refractivity contribution >= 4 is 17.3 Å². The lowest BCUT2D eigenvalue weighted by Gasteiger charge is -2.28. The monoisotopic (exact) mass is 296 g/mol. The van der Waals surface area contributed by atoms with E-state index in [4.69, 9.17) is 16.3 Å². The molecule has 3 nitrogen and oxygen atoms in total. The standard InChI is InChI=1S/C16H25ClN2O/c1-16(2,3)18-12-13-14(17)6-4-7-15(13)19-8-5-10-20-11-9-19/h4,6-7,18H,5,8-12H2,1-3H3. The molecular weight excluding hydrogens is 272 g/mol. The summed E-state index contributed by atoms with van der Waals surface area (Å²) in [6, 6.07) is 6.17. The van der Waals surface area contributed by atoms with Gasteiger partial charge in [-0.2, -0.15) is 0 Å². The molecule has 1 aliphatic heterocycles. The lowest BCUT2D eigenvalue weighted by Crippen LogP contribution is -2.36. The summed E-state index contributed by atoms with van der Waals surface area (Å²) >= 11 is 6.42. The molecule has 1 fully saturated rings. The molecule has 0 unspecified atom stereocenters. The molecule has 0 spiro atoms. The van der Waals surface area contributed by atoms with Crippen molar-refractivity contribution in [3.63, 3.8) is 0 Å². The Balaban J connectivity index is 2.20. The largest absolute Gasteiger partial charge is 0.380 e.